The molecule has 0 aliphatic heterocycles. The van der Waals surface area contributed by atoms with Crippen LogP contribution in [0.25, 0.3) is 0 Å². The van der Waals surface area contributed by atoms with E-state index in [4.69, 9.17) is 0 Å². The molecule has 0 spiro atoms. The molecule has 0 amide bonds. The molecule has 0 saturated heterocycles. The molecule has 1 aromatic carbocycles. The maximum atomic E-state index is 10.4. The Morgan fingerprint density at radius 3 is 2.50 bits per heavy atom. The van der Waals surface area contributed by atoms with Gasteiger partial charge in [0.25, 0.3) is 0 Å². The molecule has 1 atom stereocenters. The van der Waals surface area contributed by atoms with Gasteiger partial charge in [-0.2, -0.15) is 0 Å². The van der Waals surface area contributed by atoms with E-state index >= 15 is 0 Å². The van der Waals surface area contributed by atoms with Gasteiger partial charge in [0.1, 0.15) is 0 Å². The van der Waals surface area contributed by atoms with Crippen molar-refractivity contribution in [2.45, 2.75) is 57.1 Å². The van der Waals surface area contributed by atoms with Gasteiger partial charge in [0.05, 0.1) is 5.60 Å². The van der Waals surface area contributed by atoms with Gasteiger partial charge in [0.15, 0.2) is 0 Å². The Bertz CT molecular complexity index is 343. The van der Waals surface area contributed by atoms with E-state index in [1.807, 2.05) is 6.07 Å². The SMILES string of the molecule is CC(Cc1ccccc1)NCC1(O)CCCCC1. The summed E-state index contributed by atoms with van der Waals surface area (Å²) in [5, 5.41) is 13.9. The molecule has 18 heavy (non-hydrogen) atoms. The van der Waals surface area contributed by atoms with Crippen molar-refractivity contribution < 1.29 is 5.11 Å². The van der Waals surface area contributed by atoms with Crippen molar-refractivity contribution in [2.24, 2.45) is 0 Å². The molecule has 1 unspecified atom stereocenters. The van der Waals surface area contributed by atoms with Gasteiger partial charge in [0, 0.05) is 12.6 Å². The van der Waals surface area contributed by atoms with E-state index in [0.717, 1.165) is 25.8 Å². The van der Waals surface area contributed by atoms with Gasteiger partial charge in [0.2, 0.25) is 0 Å². The maximum Gasteiger partial charge on any atom is 0.0771 e. The largest absolute Gasteiger partial charge is 0.389 e. The molecule has 2 N–H and O–H groups in total. The highest BCUT2D eigenvalue weighted by molar-refractivity contribution is 5.15. The highest BCUT2D eigenvalue weighted by atomic mass is 16.3. The molecule has 2 rings (SSSR count). The number of hydrogen-bond donors (Lipinski definition) is 2. The lowest BCUT2D eigenvalue weighted by Gasteiger charge is -2.33. The zero-order valence-electron chi connectivity index (χ0n) is 11.4. The van der Waals surface area contributed by atoms with Crippen molar-refractivity contribution in [2.75, 3.05) is 6.54 Å². The van der Waals surface area contributed by atoms with Crippen molar-refractivity contribution in [1.82, 2.24) is 5.32 Å². The second-order valence-corrected chi connectivity index (χ2v) is 5.76. The van der Waals surface area contributed by atoms with Gasteiger partial charge in [-0.1, -0.05) is 49.6 Å². The van der Waals surface area contributed by atoms with Crippen molar-refractivity contribution in [3.8, 4) is 0 Å². The highest BCUT2D eigenvalue weighted by Crippen LogP contribution is 2.27. The molecule has 1 fully saturated rings. The second-order valence-electron chi connectivity index (χ2n) is 5.76. The van der Waals surface area contributed by atoms with Crippen LogP contribution in [-0.4, -0.2) is 23.3 Å². The summed E-state index contributed by atoms with van der Waals surface area (Å²) in [5.74, 6) is 0. The lowest BCUT2D eigenvalue weighted by Crippen LogP contribution is -2.45. The van der Waals surface area contributed by atoms with Crippen LogP contribution in [-0.2, 0) is 6.42 Å². The van der Waals surface area contributed by atoms with Crippen LogP contribution < -0.4 is 5.32 Å². The van der Waals surface area contributed by atoms with E-state index in [1.165, 1.54) is 24.8 Å². The first kappa shape index (κ1) is 13.6. The van der Waals surface area contributed by atoms with E-state index in [9.17, 15) is 5.11 Å². The quantitative estimate of drug-likeness (QED) is 0.838. The van der Waals surface area contributed by atoms with Gasteiger partial charge in [-0.3, -0.25) is 0 Å². The topological polar surface area (TPSA) is 32.3 Å². The molecule has 0 heterocycles. The monoisotopic (exact) mass is 247 g/mol. The molecule has 0 radical (unpaired) electrons. The van der Waals surface area contributed by atoms with Crippen LogP contribution in [0.3, 0.4) is 0 Å². The van der Waals surface area contributed by atoms with Crippen LogP contribution in [0.1, 0.15) is 44.6 Å². The average Bonchev–Trinajstić information content (AvgIpc) is 2.39. The molecule has 1 aliphatic carbocycles. The zero-order chi connectivity index (χ0) is 12.8. The minimum atomic E-state index is -0.455. The third-order valence-corrected chi connectivity index (χ3v) is 3.95. The second kappa shape index (κ2) is 6.35. The summed E-state index contributed by atoms with van der Waals surface area (Å²) >= 11 is 0. The fraction of sp³-hybridized carbons (Fsp3) is 0.625. The minimum Gasteiger partial charge on any atom is -0.389 e. The summed E-state index contributed by atoms with van der Waals surface area (Å²) in [4.78, 5) is 0. The van der Waals surface area contributed by atoms with Crippen molar-refractivity contribution in [1.29, 1.82) is 0 Å². The van der Waals surface area contributed by atoms with Gasteiger partial charge in [-0.05, 0) is 31.7 Å². The minimum absolute atomic E-state index is 0.415. The molecule has 1 saturated carbocycles. The number of hydrogen-bond acceptors (Lipinski definition) is 2. The average molecular weight is 247 g/mol. The van der Waals surface area contributed by atoms with Crippen LogP contribution in [0.4, 0.5) is 0 Å². The molecule has 2 nitrogen and oxygen atoms in total. The predicted molar refractivity (Wildman–Crippen MR) is 75.6 cm³/mol. The summed E-state index contributed by atoms with van der Waals surface area (Å²) in [6.07, 6.45) is 6.56. The third-order valence-electron chi connectivity index (χ3n) is 3.95. The van der Waals surface area contributed by atoms with Crippen LogP contribution in [0.5, 0.6) is 0 Å². The Labute approximate surface area is 110 Å². The Kier molecular flexibility index (Phi) is 4.79. The van der Waals surface area contributed by atoms with Crippen LogP contribution in [0.2, 0.25) is 0 Å². The van der Waals surface area contributed by atoms with E-state index in [2.05, 4.69) is 36.5 Å². The smallest absolute Gasteiger partial charge is 0.0771 e. The lowest BCUT2D eigenvalue weighted by molar-refractivity contribution is 0.00306. The molecule has 1 aliphatic rings. The zero-order valence-corrected chi connectivity index (χ0v) is 11.4. The number of benzene rings is 1. The highest BCUT2D eigenvalue weighted by Gasteiger charge is 2.28. The molecule has 1 aromatic rings. The van der Waals surface area contributed by atoms with Gasteiger partial charge in [-0.15, -0.1) is 0 Å². The summed E-state index contributed by atoms with van der Waals surface area (Å²) in [6.45, 7) is 2.93. The fourth-order valence-electron chi connectivity index (χ4n) is 2.79. The lowest BCUT2D eigenvalue weighted by atomic mass is 9.84. The Hall–Kier alpha value is -0.860. The van der Waals surface area contributed by atoms with Crippen molar-refractivity contribution in [3.05, 3.63) is 35.9 Å². The van der Waals surface area contributed by atoms with E-state index in [0.29, 0.717) is 6.04 Å². The van der Waals surface area contributed by atoms with E-state index in [-0.39, 0.29) is 0 Å². The third kappa shape index (κ3) is 4.11. The van der Waals surface area contributed by atoms with Gasteiger partial charge < -0.3 is 10.4 Å². The summed E-state index contributed by atoms with van der Waals surface area (Å²) in [5.41, 5.74) is 0.900. The first-order valence-electron chi connectivity index (χ1n) is 7.18. The summed E-state index contributed by atoms with van der Waals surface area (Å²) < 4.78 is 0. The fourth-order valence-corrected chi connectivity index (χ4v) is 2.79. The van der Waals surface area contributed by atoms with E-state index < -0.39 is 5.60 Å². The standard InChI is InChI=1S/C16H25NO/c1-14(12-15-8-4-2-5-9-15)17-13-16(18)10-6-3-7-11-16/h2,4-5,8-9,14,17-18H,3,6-7,10-13H2,1H3. The number of rotatable bonds is 5. The number of nitrogens with one attached hydrogen (secondary N) is 1. The first-order chi connectivity index (χ1) is 8.68. The van der Waals surface area contributed by atoms with Crippen molar-refractivity contribution in [3.63, 3.8) is 0 Å². The van der Waals surface area contributed by atoms with Gasteiger partial charge in [-0.25, -0.2) is 0 Å². The molecule has 0 aromatic heterocycles. The summed E-state index contributed by atoms with van der Waals surface area (Å²) in [6, 6.07) is 10.9. The molecule has 0 bridgehead atoms. The number of aliphatic hydroxyl groups is 1. The van der Waals surface area contributed by atoms with Crippen LogP contribution >= 0.6 is 0 Å². The normalized spacial score (nSPS) is 20.6. The van der Waals surface area contributed by atoms with Gasteiger partial charge >= 0.3 is 0 Å². The van der Waals surface area contributed by atoms with Crippen molar-refractivity contribution >= 4 is 0 Å². The summed E-state index contributed by atoms with van der Waals surface area (Å²) in [7, 11) is 0. The maximum absolute atomic E-state index is 10.4. The molecular formula is C16H25NO. The molecular weight excluding hydrogens is 222 g/mol. The predicted octanol–water partition coefficient (Wildman–Crippen LogP) is 2.90. The van der Waals surface area contributed by atoms with E-state index in [1.54, 1.807) is 0 Å². The first-order valence-corrected chi connectivity index (χ1v) is 7.18. The molecule has 2 heteroatoms. The van der Waals surface area contributed by atoms with Crippen LogP contribution in [0.15, 0.2) is 30.3 Å². The molecule has 100 valence electrons. The Morgan fingerprint density at radius 1 is 1.17 bits per heavy atom. The Balaban J connectivity index is 1.76. The Morgan fingerprint density at radius 2 is 1.83 bits per heavy atom. The van der Waals surface area contributed by atoms with Crippen LogP contribution in [0, 0.1) is 0 Å².